The average molecular weight is 275 g/mol. The molecule has 6 heteroatoms. The van der Waals surface area contributed by atoms with E-state index in [1.54, 1.807) is 12.3 Å². The lowest BCUT2D eigenvalue weighted by atomic mass is 10.2. The third-order valence-corrected chi connectivity index (χ3v) is 3.85. The van der Waals surface area contributed by atoms with Gasteiger partial charge in [0, 0.05) is 32.1 Å². The quantitative estimate of drug-likeness (QED) is 0.884. The molecule has 1 saturated heterocycles. The third-order valence-electron chi connectivity index (χ3n) is 3.85. The number of nitrogens with zero attached hydrogens (tertiary/aromatic N) is 3. The number of carboxylic acid groups (broad SMARTS) is 1. The van der Waals surface area contributed by atoms with Gasteiger partial charge in [-0.05, 0) is 25.0 Å². The van der Waals surface area contributed by atoms with Crippen LogP contribution in [-0.4, -0.2) is 53.0 Å². The Morgan fingerprint density at radius 1 is 1.15 bits per heavy atom. The Kier molecular flexibility index (Phi) is 3.30. The van der Waals surface area contributed by atoms with Crippen molar-refractivity contribution in [2.24, 2.45) is 5.92 Å². The minimum absolute atomic E-state index is 0.0521. The number of hydrogen-bond acceptors (Lipinski definition) is 4. The van der Waals surface area contributed by atoms with Gasteiger partial charge in [0.05, 0.1) is 11.9 Å². The molecule has 20 heavy (non-hydrogen) atoms. The molecule has 0 radical (unpaired) electrons. The highest BCUT2D eigenvalue weighted by molar-refractivity contribution is 5.85. The van der Waals surface area contributed by atoms with Crippen LogP contribution in [0.5, 0.6) is 0 Å². The average Bonchev–Trinajstić information content (AvgIpc) is 3.31. The van der Waals surface area contributed by atoms with E-state index < -0.39 is 5.97 Å². The number of carbonyl (C=O) groups is 2. The van der Waals surface area contributed by atoms with Crippen molar-refractivity contribution in [1.82, 2.24) is 9.88 Å². The molecule has 0 atom stereocenters. The summed E-state index contributed by atoms with van der Waals surface area (Å²) < 4.78 is 0. The smallest absolute Gasteiger partial charge is 0.354 e. The first-order chi connectivity index (χ1) is 9.65. The molecule has 0 unspecified atom stereocenters. The van der Waals surface area contributed by atoms with Gasteiger partial charge in [-0.15, -0.1) is 0 Å². The predicted octanol–water partition coefficient (Wildman–Crippen LogP) is 0.838. The Balaban J connectivity index is 1.59. The molecule has 1 N–H and O–H groups in total. The maximum atomic E-state index is 12.0. The summed E-state index contributed by atoms with van der Waals surface area (Å²) in [5.41, 5.74) is 0.963. The second kappa shape index (κ2) is 5.11. The van der Waals surface area contributed by atoms with Gasteiger partial charge in [-0.25, -0.2) is 9.78 Å². The fourth-order valence-corrected chi connectivity index (χ4v) is 2.47. The van der Waals surface area contributed by atoms with Crippen LogP contribution in [0.3, 0.4) is 0 Å². The first-order valence-corrected chi connectivity index (χ1v) is 6.88. The van der Waals surface area contributed by atoms with Gasteiger partial charge in [0.25, 0.3) is 0 Å². The van der Waals surface area contributed by atoms with Crippen molar-refractivity contribution in [3.8, 4) is 0 Å². The van der Waals surface area contributed by atoms with E-state index in [0.29, 0.717) is 5.91 Å². The molecule has 3 rings (SSSR count). The van der Waals surface area contributed by atoms with Crippen LogP contribution in [-0.2, 0) is 4.79 Å². The molecule has 1 amide bonds. The van der Waals surface area contributed by atoms with E-state index in [2.05, 4.69) is 9.88 Å². The SMILES string of the molecule is O=C(O)c1ccc(N2CCN(C(=O)C3CC3)CC2)cn1. The molecule has 2 heterocycles. The summed E-state index contributed by atoms with van der Waals surface area (Å²) in [6.45, 7) is 3.01. The number of piperazine rings is 1. The van der Waals surface area contributed by atoms with Gasteiger partial charge in [0.1, 0.15) is 5.69 Å². The van der Waals surface area contributed by atoms with Gasteiger partial charge in [-0.2, -0.15) is 0 Å². The number of rotatable bonds is 3. The standard InChI is InChI=1S/C14H17N3O3/c18-13(10-1-2-10)17-7-5-16(6-8-17)11-3-4-12(14(19)20)15-9-11/h3-4,9-10H,1-2,5-8H2,(H,19,20). The van der Waals surface area contributed by atoms with Crippen LogP contribution in [0.4, 0.5) is 5.69 Å². The molecule has 0 spiro atoms. The van der Waals surface area contributed by atoms with E-state index in [9.17, 15) is 9.59 Å². The van der Waals surface area contributed by atoms with Gasteiger partial charge in [-0.1, -0.05) is 0 Å². The van der Waals surface area contributed by atoms with E-state index in [1.807, 2.05) is 4.90 Å². The van der Waals surface area contributed by atoms with E-state index >= 15 is 0 Å². The van der Waals surface area contributed by atoms with E-state index in [0.717, 1.165) is 44.7 Å². The highest BCUT2D eigenvalue weighted by Crippen LogP contribution is 2.31. The monoisotopic (exact) mass is 275 g/mol. The van der Waals surface area contributed by atoms with E-state index in [4.69, 9.17) is 5.11 Å². The maximum absolute atomic E-state index is 12.0. The Hall–Kier alpha value is -2.11. The Labute approximate surface area is 117 Å². The molecule has 6 nitrogen and oxygen atoms in total. The van der Waals surface area contributed by atoms with Gasteiger partial charge in [0.2, 0.25) is 5.91 Å². The van der Waals surface area contributed by atoms with Crippen LogP contribution in [0.1, 0.15) is 23.3 Å². The summed E-state index contributed by atoms with van der Waals surface area (Å²) >= 11 is 0. The fourth-order valence-electron chi connectivity index (χ4n) is 2.47. The number of carbonyl (C=O) groups excluding carboxylic acids is 1. The summed E-state index contributed by atoms with van der Waals surface area (Å²) in [5.74, 6) is -0.446. The molecular formula is C14H17N3O3. The lowest BCUT2D eigenvalue weighted by Crippen LogP contribution is -2.49. The van der Waals surface area contributed by atoms with Crippen molar-refractivity contribution in [3.05, 3.63) is 24.0 Å². The highest BCUT2D eigenvalue weighted by atomic mass is 16.4. The van der Waals surface area contributed by atoms with Crippen molar-refractivity contribution in [2.75, 3.05) is 31.1 Å². The number of anilines is 1. The zero-order chi connectivity index (χ0) is 14.1. The predicted molar refractivity (Wildman–Crippen MR) is 72.7 cm³/mol. The second-order valence-corrected chi connectivity index (χ2v) is 5.29. The minimum atomic E-state index is -1.02. The van der Waals surface area contributed by atoms with Crippen LogP contribution in [0.25, 0.3) is 0 Å². The van der Waals surface area contributed by atoms with Crippen LogP contribution >= 0.6 is 0 Å². The zero-order valence-electron chi connectivity index (χ0n) is 11.2. The number of aromatic carboxylic acids is 1. The topological polar surface area (TPSA) is 73.7 Å². The Morgan fingerprint density at radius 2 is 1.85 bits per heavy atom. The summed E-state index contributed by atoms with van der Waals surface area (Å²) in [6.07, 6.45) is 3.67. The van der Waals surface area contributed by atoms with Crippen LogP contribution in [0.2, 0.25) is 0 Å². The minimum Gasteiger partial charge on any atom is -0.477 e. The number of aromatic nitrogens is 1. The van der Waals surface area contributed by atoms with Crippen molar-refractivity contribution in [1.29, 1.82) is 0 Å². The number of amides is 1. The van der Waals surface area contributed by atoms with Gasteiger partial charge in [-0.3, -0.25) is 4.79 Å². The van der Waals surface area contributed by atoms with Crippen LogP contribution in [0.15, 0.2) is 18.3 Å². The lowest BCUT2D eigenvalue weighted by Gasteiger charge is -2.36. The van der Waals surface area contributed by atoms with Gasteiger partial charge >= 0.3 is 5.97 Å². The lowest BCUT2D eigenvalue weighted by molar-refractivity contribution is -0.132. The first-order valence-electron chi connectivity index (χ1n) is 6.88. The molecular weight excluding hydrogens is 258 g/mol. The zero-order valence-corrected chi connectivity index (χ0v) is 11.2. The molecule has 0 bridgehead atoms. The molecule has 1 aliphatic carbocycles. The summed E-state index contributed by atoms with van der Waals surface area (Å²) in [5, 5.41) is 8.82. The molecule has 106 valence electrons. The molecule has 0 aromatic carbocycles. The number of carboxylic acids is 1. The van der Waals surface area contributed by atoms with Crippen molar-refractivity contribution < 1.29 is 14.7 Å². The first kappa shape index (κ1) is 12.9. The van der Waals surface area contributed by atoms with E-state index in [-0.39, 0.29) is 11.6 Å². The largest absolute Gasteiger partial charge is 0.477 e. The maximum Gasteiger partial charge on any atom is 0.354 e. The molecule has 1 aromatic heterocycles. The molecule has 2 fully saturated rings. The summed E-state index contributed by atoms with van der Waals surface area (Å²) in [6, 6.07) is 3.29. The third kappa shape index (κ3) is 2.59. The van der Waals surface area contributed by atoms with Crippen LogP contribution in [0, 0.1) is 5.92 Å². The normalized spacial score (nSPS) is 19.0. The van der Waals surface area contributed by atoms with Gasteiger partial charge < -0.3 is 14.9 Å². The summed E-state index contributed by atoms with van der Waals surface area (Å²) in [7, 11) is 0. The Morgan fingerprint density at radius 3 is 2.35 bits per heavy atom. The highest BCUT2D eigenvalue weighted by Gasteiger charge is 2.34. The molecule has 1 aromatic rings. The number of hydrogen-bond donors (Lipinski definition) is 1. The summed E-state index contributed by atoms with van der Waals surface area (Å²) in [4.78, 5) is 30.7. The van der Waals surface area contributed by atoms with Crippen molar-refractivity contribution in [3.63, 3.8) is 0 Å². The van der Waals surface area contributed by atoms with Crippen LogP contribution < -0.4 is 4.90 Å². The van der Waals surface area contributed by atoms with E-state index in [1.165, 1.54) is 6.07 Å². The van der Waals surface area contributed by atoms with Crippen molar-refractivity contribution in [2.45, 2.75) is 12.8 Å². The molecule has 2 aliphatic rings. The van der Waals surface area contributed by atoms with Gasteiger partial charge in [0.15, 0.2) is 0 Å². The fraction of sp³-hybridized carbons (Fsp3) is 0.500. The molecule has 1 aliphatic heterocycles. The van der Waals surface area contributed by atoms with Crippen molar-refractivity contribution >= 4 is 17.6 Å². The second-order valence-electron chi connectivity index (χ2n) is 5.29. The Bertz CT molecular complexity index is 517. The number of pyridine rings is 1. The molecule has 1 saturated carbocycles.